The molecule has 1 aliphatic rings. The molecule has 0 spiro atoms. The lowest BCUT2D eigenvalue weighted by Gasteiger charge is -2.14. The van der Waals surface area contributed by atoms with E-state index in [2.05, 4.69) is 10.6 Å². The van der Waals surface area contributed by atoms with Gasteiger partial charge >= 0.3 is 6.03 Å². The van der Waals surface area contributed by atoms with E-state index in [-0.39, 0.29) is 12.8 Å². The molecule has 0 unspecified atom stereocenters. The van der Waals surface area contributed by atoms with Gasteiger partial charge in [0.05, 0.1) is 6.54 Å². The van der Waals surface area contributed by atoms with Crippen LogP contribution < -0.4 is 24.8 Å². The smallest absolute Gasteiger partial charge is 0.319 e. The molecule has 0 bridgehead atoms. The molecular weight excluding hydrogens is 320 g/mol. The summed E-state index contributed by atoms with van der Waals surface area (Å²) in [5.74, 6) is 2.07. The predicted molar refractivity (Wildman–Crippen MR) is 95.7 cm³/mol. The molecule has 0 aromatic heterocycles. The number of nitrogens with one attached hydrogen (secondary N) is 2. The second kappa shape index (κ2) is 7.34. The van der Waals surface area contributed by atoms with Crippen molar-refractivity contribution in [1.29, 1.82) is 0 Å². The molecule has 0 atom stereocenters. The summed E-state index contributed by atoms with van der Waals surface area (Å²) in [5, 5.41) is 5.69. The number of ether oxygens (including phenoxy) is 3. The molecule has 0 fully saturated rings. The van der Waals surface area contributed by atoms with Gasteiger partial charge in [-0.25, -0.2) is 4.79 Å². The van der Waals surface area contributed by atoms with Gasteiger partial charge in [0.1, 0.15) is 12.4 Å². The molecule has 1 aliphatic heterocycles. The van der Waals surface area contributed by atoms with Gasteiger partial charge in [-0.1, -0.05) is 17.7 Å². The first kappa shape index (κ1) is 17.0. The van der Waals surface area contributed by atoms with E-state index in [9.17, 15) is 4.79 Å². The summed E-state index contributed by atoms with van der Waals surface area (Å²) in [7, 11) is 0. The molecule has 0 saturated heterocycles. The molecule has 3 rings (SSSR count). The Kier molecular flexibility index (Phi) is 4.97. The van der Waals surface area contributed by atoms with Gasteiger partial charge in [-0.05, 0) is 44.0 Å². The fourth-order valence-electron chi connectivity index (χ4n) is 2.84. The normalized spacial score (nSPS) is 12.0. The van der Waals surface area contributed by atoms with Gasteiger partial charge in [-0.2, -0.15) is 0 Å². The molecule has 0 radical (unpaired) electrons. The number of anilines is 1. The highest BCUT2D eigenvalue weighted by molar-refractivity contribution is 5.91. The topological polar surface area (TPSA) is 68.8 Å². The predicted octanol–water partition coefficient (Wildman–Crippen LogP) is 3.54. The Morgan fingerprint density at radius 1 is 1.08 bits per heavy atom. The van der Waals surface area contributed by atoms with Crippen molar-refractivity contribution in [3.63, 3.8) is 0 Å². The van der Waals surface area contributed by atoms with Crippen molar-refractivity contribution in [3.05, 3.63) is 47.0 Å². The van der Waals surface area contributed by atoms with E-state index < -0.39 is 0 Å². The van der Waals surface area contributed by atoms with Crippen LogP contribution in [0.15, 0.2) is 30.3 Å². The molecule has 0 saturated carbocycles. The molecule has 2 amide bonds. The third-order valence-electron chi connectivity index (χ3n) is 3.92. The molecule has 2 N–H and O–H groups in total. The zero-order valence-electron chi connectivity index (χ0n) is 14.6. The molecule has 25 heavy (non-hydrogen) atoms. The van der Waals surface area contributed by atoms with Gasteiger partial charge in [0.25, 0.3) is 0 Å². The van der Waals surface area contributed by atoms with Crippen LogP contribution >= 0.6 is 0 Å². The average Bonchev–Trinajstić information content (AvgIpc) is 3.02. The monoisotopic (exact) mass is 342 g/mol. The molecular formula is C19H22N2O4. The molecule has 6 nitrogen and oxygen atoms in total. The van der Waals surface area contributed by atoms with Crippen LogP contribution in [0.3, 0.4) is 0 Å². The number of amides is 2. The minimum absolute atomic E-state index is 0.234. The lowest BCUT2D eigenvalue weighted by atomic mass is 10.1. The zero-order valence-corrected chi connectivity index (χ0v) is 14.6. The van der Waals surface area contributed by atoms with E-state index in [1.807, 2.05) is 39.0 Å². The number of carbonyl (C=O) groups is 1. The maximum Gasteiger partial charge on any atom is 0.319 e. The quantitative estimate of drug-likeness (QED) is 0.816. The first-order chi connectivity index (χ1) is 12.0. The van der Waals surface area contributed by atoms with Crippen molar-refractivity contribution < 1.29 is 19.0 Å². The Bertz CT molecular complexity index is 766. The summed E-state index contributed by atoms with van der Waals surface area (Å²) in [6, 6.07) is 9.25. The lowest BCUT2D eigenvalue weighted by molar-refractivity contribution is 0.173. The second-order valence-electron chi connectivity index (χ2n) is 6.02. The second-order valence-corrected chi connectivity index (χ2v) is 6.02. The third kappa shape index (κ3) is 4.15. The largest absolute Gasteiger partial charge is 0.492 e. The standard InChI is InChI=1S/C19H22N2O4/c1-12-8-13(2)18(14(3)9-12)21-19(22)20-6-7-23-15-4-5-16-17(10-15)25-11-24-16/h4-5,8-10H,6-7,11H2,1-3H3,(H2,20,21,22). The maximum absolute atomic E-state index is 12.1. The highest BCUT2D eigenvalue weighted by Crippen LogP contribution is 2.34. The van der Waals surface area contributed by atoms with Gasteiger partial charge in [-0.3, -0.25) is 0 Å². The van der Waals surface area contributed by atoms with E-state index >= 15 is 0 Å². The SMILES string of the molecule is Cc1cc(C)c(NC(=O)NCCOc2ccc3c(c2)OCO3)c(C)c1. The molecule has 2 aromatic rings. The number of carbonyl (C=O) groups excluding carboxylic acids is 1. The highest BCUT2D eigenvalue weighted by Gasteiger charge is 2.13. The van der Waals surface area contributed by atoms with Gasteiger partial charge < -0.3 is 24.8 Å². The lowest BCUT2D eigenvalue weighted by Crippen LogP contribution is -2.32. The van der Waals surface area contributed by atoms with Crippen molar-refractivity contribution >= 4 is 11.7 Å². The summed E-state index contributed by atoms with van der Waals surface area (Å²) in [5.41, 5.74) is 4.12. The number of hydrogen-bond acceptors (Lipinski definition) is 4. The Morgan fingerprint density at radius 2 is 1.80 bits per heavy atom. The van der Waals surface area contributed by atoms with E-state index in [1.54, 1.807) is 12.1 Å². The number of hydrogen-bond donors (Lipinski definition) is 2. The Labute approximate surface area is 147 Å². The van der Waals surface area contributed by atoms with Crippen LogP contribution in [-0.4, -0.2) is 26.0 Å². The first-order valence-electron chi connectivity index (χ1n) is 8.18. The van der Waals surface area contributed by atoms with Gasteiger partial charge in [0.15, 0.2) is 11.5 Å². The molecule has 6 heteroatoms. The number of fused-ring (bicyclic) bond motifs is 1. The van der Waals surface area contributed by atoms with Crippen LogP contribution in [0.2, 0.25) is 0 Å². The molecule has 132 valence electrons. The first-order valence-corrected chi connectivity index (χ1v) is 8.18. The minimum Gasteiger partial charge on any atom is -0.492 e. The fourth-order valence-corrected chi connectivity index (χ4v) is 2.84. The van der Waals surface area contributed by atoms with E-state index in [0.717, 1.165) is 16.8 Å². The molecule has 0 aliphatic carbocycles. The van der Waals surface area contributed by atoms with Crippen LogP contribution in [0.25, 0.3) is 0 Å². The van der Waals surface area contributed by atoms with Gasteiger partial charge in [0.2, 0.25) is 6.79 Å². The van der Waals surface area contributed by atoms with Crippen LogP contribution in [0, 0.1) is 20.8 Å². The number of urea groups is 1. The maximum atomic E-state index is 12.1. The van der Waals surface area contributed by atoms with Crippen molar-refractivity contribution in [3.8, 4) is 17.2 Å². The van der Waals surface area contributed by atoms with Crippen LogP contribution in [0.5, 0.6) is 17.2 Å². The number of aryl methyl sites for hydroxylation is 3. The van der Waals surface area contributed by atoms with Crippen LogP contribution in [0.4, 0.5) is 10.5 Å². The number of benzene rings is 2. The summed E-state index contributed by atoms with van der Waals surface area (Å²) >= 11 is 0. The summed E-state index contributed by atoms with van der Waals surface area (Å²) < 4.78 is 16.2. The van der Waals surface area contributed by atoms with Gasteiger partial charge in [-0.15, -0.1) is 0 Å². The zero-order chi connectivity index (χ0) is 17.8. The summed E-state index contributed by atoms with van der Waals surface area (Å²) in [6.45, 7) is 7.00. The van der Waals surface area contributed by atoms with Crippen molar-refractivity contribution in [2.45, 2.75) is 20.8 Å². The third-order valence-corrected chi connectivity index (χ3v) is 3.92. The summed E-state index contributed by atoms with van der Waals surface area (Å²) in [6.07, 6.45) is 0. The Morgan fingerprint density at radius 3 is 2.56 bits per heavy atom. The number of rotatable bonds is 5. The summed E-state index contributed by atoms with van der Waals surface area (Å²) in [4.78, 5) is 12.1. The minimum atomic E-state index is -0.246. The van der Waals surface area contributed by atoms with E-state index in [4.69, 9.17) is 14.2 Å². The van der Waals surface area contributed by atoms with Crippen LogP contribution in [-0.2, 0) is 0 Å². The van der Waals surface area contributed by atoms with E-state index in [1.165, 1.54) is 5.56 Å². The molecule has 2 aromatic carbocycles. The molecule has 1 heterocycles. The average molecular weight is 342 g/mol. The Balaban J connectivity index is 1.45. The fraction of sp³-hybridized carbons (Fsp3) is 0.316. The van der Waals surface area contributed by atoms with E-state index in [0.29, 0.717) is 30.4 Å². The van der Waals surface area contributed by atoms with Crippen molar-refractivity contribution in [1.82, 2.24) is 5.32 Å². The van der Waals surface area contributed by atoms with Crippen molar-refractivity contribution in [2.24, 2.45) is 0 Å². The highest BCUT2D eigenvalue weighted by atomic mass is 16.7. The Hall–Kier alpha value is -2.89. The van der Waals surface area contributed by atoms with Crippen molar-refractivity contribution in [2.75, 3.05) is 25.3 Å². The van der Waals surface area contributed by atoms with Crippen LogP contribution in [0.1, 0.15) is 16.7 Å². The van der Waals surface area contributed by atoms with Gasteiger partial charge in [0, 0.05) is 11.8 Å².